The molecule has 2 fully saturated rings. The zero-order valence-corrected chi connectivity index (χ0v) is 12.6. The number of anilines is 2. The largest absolute Gasteiger partial charge is 0.391 e. The van der Waals surface area contributed by atoms with Crippen molar-refractivity contribution in [3.8, 4) is 0 Å². The minimum absolute atomic E-state index is 0.285. The Kier molecular flexibility index (Phi) is 4.47. The summed E-state index contributed by atoms with van der Waals surface area (Å²) in [7, 11) is 0. The SMILES string of the molecule is O=C(Nc1ccc(N2CCCC2)c(F)c1)N1CCC[C@@H](O)C1. The van der Waals surface area contributed by atoms with Gasteiger partial charge < -0.3 is 20.2 Å². The van der Waals surface area contributed by atoms with Crippen molar-refractivity contribution >= 4 is 17.4 Å². The van der Waals surface area contributed by atoms with Gasteiger partial charge in [0, 0.05) is 31.9 Å². The van der Waals surface area contributed by atoms with Crippen LogP contribution in [0.3, 0.4) is 0 Å². The molecule has 6 heteroatoms. The summed E-state index contributed by atoms with van der Waals surface area (Å²) in [5, 5.41) is 12.3. The summed E-state index contributed by atoms with van der Waals surface area (Å²) >= 11 is 0. The molecule has 1 atom stereocenters. The van der Waals surface area contributed by atoms with Crippen LogP contribution in [0.15, 0.2) is 18.2 Å². The van der Waals surface area contributed by atoms with Crippen LogP contribution in [0.1, 0.15) is 25.7 Å². The van der Waals surface area contributed by atoms with Gasteiger partial charge in [0.05, 0.1) is 11.8 Å². The van der Waals surface area contributed by atoms with Gasteiger partial charge in [-0.2, -0.15) is 0 Å². The van der Waals surface area contributed by atoms with Crippen molar-refractivity contribution in [3.63, 3.8) is 0 Å². The number of likely N-dealkylation sites (tertiary alicyclic amines) is 1. The number of nitrogens with one attached hydrogen (secondary N) is 1. The first kappa shape index (κ1) is 15.1. The van der Waals surface area contributed by atoms with Crippen molar-refractivity contribution in [2.24, 2.45) is 0 Å². The van der Waals surface area contributed by atoms with E-state index in [0.717, 1.165) is 38.8 Å². The van der Waals surface area contributed by atoms with Crippen LogP contribution < -0.4 is 10.2 Å². The molecule has 120 valence electrons. The third-order valence-corrected chi connectivity index (χ3v) is 4.33. The fourth-order valence-electron chi connectivity index (χ4n) is 3.14. The Hall–Kier alpha value is -1.82. The van der Waals surface area contributed by atoms with Gasteiger partial charge in [0.2, 0.25) is 0 Å². The van der Waals surface area contributed by atoms with Crippen molar-refractivity contribution in [2.75, 3.05) is 36.4 Å². The van der Waals surface area contributed by atoms with Gasteiger partial charge in [-0.3, -0.25) is 0 Å². The third-order valence-electron chi connectivity index (χ3n) is 4.33. The maximum absolute atomic E-state index is 14.2. The molecule has 2 heterocycles. The molecule has 2 N–H and O–H groups in total. The second-order valence-electron chi connectivity index (χ2n) is 6.03. The smallest absolute Gasteiger partial charge is 0.321 e. The second kappa shape index (κ2) is 6.52. The minimum atomic E-state index is -0.464. The standard InChI is InChI=1S/C16H22FN3O2/c17-14-10-12(5-6-15(14)19-7-1-2-8-19)18-16(22)20-9-3-4-13(21)11-20/h5-6,10,13,21H,1-4,7-9,11H2,(H,18,22)/t13-/m1/s1. The first-order chi connectivity index (χ1) is 10.6. The van der Waals surface area contributed by atoms with Gasteiger partial charge >= 0.3 is 6.03 Å². The van der Waals surface area contributed by atoms with Crippen LogP contribution in [0.25, 0.3) is 0 Å². The molecule has 3 rings (SSSR count). The van der Waals surface area contributed by atoms with Crippen LogP contribution in [0.4, 0.5) is 20.6 Å². The predicted octanol–water partition coefficient (Wildman–Crippen LogP) is 2.41. The zero-order valence-electron chi connectivity index (χ0n) is 12.6. The van der Waals surface area contributed by atoms with Gasteiger partial charge in [0.25, 0.3) is 0 Å². The number of benzene rings is 1. The van der Waals surface area contributed by atoms with Crippen LogP contribution in [0, 0.1) is 5.82 Å². The molecule has 22 heavy (non-hydrogen) atoms. The van der Waals surface area contributed by atoms with Gasteiger partial charge in [-0.25, -0.2) is 9.18 Å². The van der Waals surface area contributed by atoms with Gasteiger partial charge in [0.1, 0.15) is 5.82 Å². The first-order valence-corrected chi connectivity index (χ1v) is 7.92. The summed E-state index contributed by atoms with van der Waals surface area (Å²) < 4.78 is 14.2. The highest BCUT2D eigenvalue weighted by molar-refractivity contribution is 5.89. The number of hydrogen-bond donors (Lipinski definition) is 2. The maximum Gasteiger partial charge on any atom is 0.321 e. The topological polar surface area (TPSA) is 55.8 Å². The lowest BCUT2D eigenvalue weighted by Gasteiger charge is -2.30. The fourth-order valence-corrected chi connectivity index (χ4v) is 3.14. The van der Waals surface area contributed by atoms with Gasteiger partial charge in [-0.1, -0.05) is 0 Å². The number of carbonyl (C=O) groups is 1. The Balaban J connectivity index is 1.65. The van der Waals surface area contributed by atoms with E-state index >= 15 is 0 Å². The molecule has 1 aromatic carbocycles. The number of amides is 2. The number of urea groups is 1. The maximum atomic E-state index is 14.2. The molecule has 2 saturated heterocycles. The van der Waals surface area contributed by atoms with Crippen LogP contribution >= 0.6 is 0 Å². The average molecular weight is 307 g/mol. The van der Waals surface area contributed by atoms with E-state index in [-0.39, 0.29) is 11.8 Å². The normalized spacial score (nSPS) is 22.0. The molecule has 2 amide bonds. The lowest BCUT2D eigenvalue weighted by atomic mass is 10.1. The quantitative estimate of drug-likeness (QED) is 0.882. The number of nitrogens with zero attached hydrogens (tertiary/aromatic N) is 2. The highest BCUT2D eigenvalue weighted by Gasteiger charge is 2.22. The molecule has 0 bridgehead atoms. The number of aliphatic hydroxyl groups excluding tert-OH is 1. The fraction of sp³-hybridized carbons (Fsp3) is 0.562. The van der Waals surface area contributed by atoms with E-state index in [1.165, 1.54) is 6.07 Å². The monoisotopic (exact) mass is 307 g/mol. The molecular weight excluding hydrogens is 285 g/mol. The second-order valence-corrected chi connectivity index (χ2v) is 6.03. The van der Waals surface area contributed by atoms with E-state index in [1.807, 2.05) is 4.90 Å². The average Bonchev–Trinajstić information content (AvgIpc) is 3.01. The summed E-state index contributed by atoms with van der Waals surface area (Å²) in [5.41, 5.74) is 1.05. The van der Waals surface area contributed by atoms with E-state index in [4.69, 9.17) is 0 Å². The molecule has 2 aliphatic heterocycles. The molecule has 0 saturated carbocycles. The number of β-amino-alcohol motifs (C(OH)–C–C–N with tert-alkyl or cyclic N) is 1. The number of aliphatic hydroxyl groups is 1. The van der Waals surface area contributed by atoms with E-state index in [9.17, 15) is 14.3 Å². The number of rotatable bonds is 2. The summed E-state index contributed by atoms with van der Waals surface area (Å²) in [6.45, 7) is 2.72. The summed E-state index contributed by atoms with van der Waals surface area (Å²) in [6.07, 6.45) is 3.23. The van der Waals surface area contributed by atoms with Gasteiger partial charge in [-0.15, -0.1) is 0 Å². The first-order valence-electron chi connectivity index (χ1n) is 7.92. The molecule has 0 unspecified atom stereocenters. The van der Waals surface area contributed by atoms with E-state index in [2.05, 4.69) is 5.32 Å². The van der Waals surface area contributed by atoms with Crippen molar-refractivity contribution in [1.29, 1.82) is 0 Å². The molecule has 5 nitrogen and oxygen atoms in total. The molecular formula is C16H22FN3O2. The Labute approximate surface area is 129 Å². The molecule has 0 aromatic heterocycles. The van der Waals surface area contributed by atoms with Crippen LogP contribution in [0.5, 0.6) is 0 Å². The highest BCUT2D eigenvalue weighted by atomic mass is 19.1. The van der Waals surface area contributed by atoms with Crippen molar-refractivity contribution in [3.05, 3.63) is 24.0 Å². The minimum Gasteiger partial charge on any atom is -0.391 e. The van der Waals surface area contributed by atoms with Crippen molar-refractivity contribution < 1.29 is 14.3 Å². The van der Waals surface area contributed by atoms with Crippen LogP contribution in [-0.2, 0) is 0 Å². The Morgan fingerprint density at radius 1 is 1.23 bits per heavy atom. The molecule has 2 aliphatic rings. The van der Waals surface area contributed by atoms with E-state index in [1.54, 1.807) is 17.0 Å². The lowest BCUT2D eigenvalue weighted by Crippen LogP contribution is -2.44. The summed E-state index contributed by atoms with van der Waals surface area (Å²) in [5.74, 6) is -0.307. The number of piperidine rings is 1. The Morgan fingerprint density at radius 2 is 2.00 bits per heavy atom. The number of hydrogen-bond acceptors (Lipinski definition) is 3. The molecule has 0 spiro atoms. The molecule has 0 radical (unpaired) electrons. The Bertz CT molecular complexity index is 546. The highest BCUT2D eigenvalue weighted by Crippen LogP contribution is 2.26. The molecule has 0 aliphatic carbocycles. The van der Waals surface area contributed by atoms with Crippen LogP contribution in [0.2, 0.25) is 0 Å². The van der Waals surface area contributed by atoms with Crippen LogP contribution in [-0.4, -0.2) is 48.3 Å². The number of halogens is 1. The van der Waals surface area contributed by atoms with E-state index in [0.29, 0.717) is 24.5 Å². The summed E-state index contributed by atoms with van der Waals surface area (Å²) in [4.78, 5) is 15.7. The Morgan fingerprint density at radius 3 is 2.68 bits per heavy atom. The van der Waals surface area contributed by atoms with Crippen molar-refractivity contribution in [1.82, 2.24) is 4.90 Å². The number of carbonyl (C=O) groups excluding carboxylic acids is 1. The van der Waals surface area contributed by atoms with Crippen molar-refractivity contribution in [2.45, 2.75) is 31.8 Å². The van der Waals surface area contributed by atoms with Gasteiger partial charge in [-0.05, 0) is 43.9 Å². The third kappa shape index (κ3) is 3.32. The predicted molar refractivity (Wildman–Crippen MR) is 83.7 cm³/mol. The van der Waals surface area contributed by atoms with Gasteiger partial charge in [0.15, 0.2) is 0 Å². The zero-order chi connectivity index (χ0) is 15.5. The summed E-state index contributed by atoms with van der Waals surface area (Å²) in [6, 6.07) is 4.54. The lowest BCUT2D eigenvalue weighted by molar-refractivity contribution is 0.0883. The van der Waals surface area contributed by atoms with E-state index < -0.39 is 6.10 Å². The molecule has 1 aromatic rings.